The van der Waals surface area contributed by atoms with Crippen molar-refractivity contribution in [3.05, 3.63) is 0 Å². The molecule has 1 fully saturated rings. The minimum Gasteiger partial charge on any atom is -0.353 e. The van der Waals surface area contributed by atoms with Crippen LogP contribution in [0.3, 0.4) is 0 Å². The van der Waals surface area contributed by atoms with Crippen molar-refractivity contribution in [3.8, 4) is 0 Å². The van der Waals surface area contributed by atoms with Crippen molar-refractivity contribution in [2.75, 3.05) is 17.4 Å². The number of alkyl halides is 1. The quantitative estimate of drug-likeness (QED) is 0.738. The van der Waals surface area contributed by atoms with E-state index in [0.29, 0.717) is 11.9 Å². The summed E-state index contributed by atoms with van der Waals surface area (Å²) in [6, 6.07) is 0.388. The van der Waals surface area contributed by atoms with E-state index in [0.717, 1.165) is 12.8 Å². The predicted octanol–water partition coefficient (Wildman–Crippen LogP) is 1.87. The van der Waals surface area contributed by atoms with Crippen LogP contribution < -0.4 is 5.32 Å². The lowest BCUT2D eigenvalue weighted by molar-refractivity contribution is -0.124. The average Bonchev–Trinajstić information content (AvgIpc) is 2.18. The molecule has 0 aromatic heterocycles. The third-order valence-electron chi connectivity index (χ3n) is 2.25. The summed E-state index contributed by atoms with van der Waals surface area (Å²) in [6.45, 7) is 1.86. The molecule has 1 unspecified atom stereocenters. The van der Waals surface area contributed by atoms with Crippen LogP contribution in [0.25, 0.3) is 0 Å². The Morgan fingerprint density at radius 3 is 2.77 bits per heavy atom. The van der Waals surface area contributed by atoms with Crippen LogP contribution in [0.5, 0.6) is 0 Å². The molecule has 76 valence electrons. The van der Waals surface area contributed by atoms with Crippen LogP contribution in [0.15, 0.2) is 0 Å². The van der Waals surface area contributed by atoms with E-state index in [4.69, 9.17) is 11.6 Å². The fraction of sp³-hybridized carbons (Fsp3) is 0.889. The second-order valence-electron chi connectivity index (χ2n) is 3.45. The zero-order chi connectivity index (χ0) is 9.68. The van der Waals surface area contributed by atoms with Crippen LogP contribution in [0.1, 0.15) is 19.8 Å². The first-order valence-electron chi connectivity index (χ1n) is 4.68. The molecule has 1 amide bonds. The third-order valence-corrected chi connectivity index (χ3v) is 3.76. The molecule has 0 radical (unpaired) electrons. The molecule has 0 aliphatic carbocycles. The first kappa shape index (κ1) is 11.2. The summed E-state index contributed by atoms with van der Waals surface area (Å²) in [4.78, 5) is 11.4. The number of carbonyl (C=O) groups is 1. The summed E-state index contributed by atoms with van der Waals surface area (Å²) in [6.07, 6.45) is 2.21. The molecule has 4 heteroatoms. The van der Waals surface area contributed by atoms with Gasteiger partial charge < -0.3 is 5.32 Å². The summed E-state index contributed by atoms with van der Waals surface area (Å²) in [5, 5.41) is 3.03. The normalized spacial score (nSPS) is 21.1. The van der Waals surface area contributed by atoms with Crippen LogP contribution in [0, 0.1) is 5.92 Å². The Morgan fingerprint density at radius 2 is 2.23 bits per heavy atom. The van der Waals surface area contributed by atoms with E-state index in [1.807, 2.05) is 18.7 Å². The molecule has 1 heterocycles. The van der Waals surface area contributed by atoms with Gasteiger partial charge in [0.25, 0.3) is 0 Å². The van der Waals surface area contributed by atoms with Crippen molar-refractivity contribution in [3.63, 3.8) is 0 Å². The van der Waals surface area contributed by atoms with Gasteiger partial charge >= 0.3 is 0 Å². The second-order valence-corrected chi connectivity index (χ2v) is 4.98. The van der Waals surface area contributed by atoms with Crippen molar-refractivity contribution in [1.29, 1.82) is 0 Å². The lowest BCUT2D eigenvalue weighted by atomic mass is 10.1. The maximum Gasteiger partial charge on any atom is 0.224 e. The van der Waals surface area contributed by atoms with Crippen molar-refractivity contribution < 1.29 is 4.79 Å². The topological polar surface area (TPSA) is 29.1 Å². The number of amides is 1. The van der Waals surface area contributed by atoms with Crippen LogP contribution in [-0.4, -0.2) is 29.3 Å². The molecule has 1 aliphatic rings. The highest BCUT2D eigenvalue weighted by atomic mass is 35.5. The van der Waals surface area contributed by atoms with Crippen molar-refractivity contribution in [2.24, 2.45) is 5.92 Å². The van der Waals surface area contributed by atoms with E-state index < -0.39 is 0 Å². The van der Waals surface area contributed by atoms with Gasteiger partial charge in [-0.3, -0.25) is 4.79 Å². The van der Waals surface area contributed by atoms with Crippen LogP contribution in [-0.2, 0) is 4.79 Å². The van der Waals surface area contributed by atoms with Gasteiger partial charge in [-0.25, -0.2) is 0 Å². The first-order chi connectivity index (χ1) is 6.24. The molecule has 1 atom stereocenters. The molecule has 0 aromatic rings. The van der Waals surface area contributed by atoms with Crippen LogP contribution >= 0.6 is 23.4 Å². The van der Waals surface area contributed by atoms with Crippen molar-refractivity contribution in [1.82, 2.24) is 5.32 Å². The van der Waals surface area contributed by atoms with Crippen molar-refractivity contribution in [2.45, 2.75) is 25.8 Å². The Labute approximate surface area is 88.8 Å². The van der Waals surface area contributed by atoms with Crippen LogP contribution in [0.4, 0.5) is 0 Å². The maximum absolute atomic E-state index is 11.4. The molecule has 1 N–H and O–H groups in total. The molecule has 0 spiro atoms. The van der Waals surface area contributed by atoms with Gasteiger partial charge in [0.2, 0.25) is 5.91 Å². The molecule has 0 aromatic carbocycles. The summed E-state index contributed by atoms with van der Waals surface area (Å²) >= 11 is 7.56. The van der Waals surface area contributed by atoms with E-state index >= 15 is 0 Å². The summed E-state index contributed by atoms with van der Waals surface area (Å²) < 4.78 is 0. The fourth-order valence-corrected chi connectivity index (χ4v) is 2.50. The van der Waals surface area contributed by atoms with Gasteiger partial charge in [-0.1, -0.05) is 6.92 Å². The van der Waals surface area contributed by atoms with Crippen molar-refractivity contribution >= 4 is 29.3 Å². The molecular weight excluding hydrogens is 206 g/mol. The highest BCUT2D eigenvalue weighted by Crippen LogP contribution is 2.17. The number of hydrogen-bond donors (Lipinski definition) is 1. The standard InChI is InChI=1S/C9H16ClNOS/c1-7(6-10)9(12)11-8-2-4-13-5-3-8/h7-8H,2-6H2,1H3,(H,11,12). The number of carbonyl (C=O) groups excluding carboxylic acids is 1. The Hall–Kier alpha value is 0.110. The van der Waals surface area contributed by atoms with Gasteiger partial charge in [-0.05, 0) is 24.3 Å². The Bertz CT molecular complexity index is 171. The second kappa shape index (κ2) is 5.76. The summed E-state index contributed by atoms with van der Waals surface area (Å²) in [5.41, 5.74) is 0. The van der Waals surface area contributed by atoms with E-state index in [2.05, 4.69) is 5.32 Å². The molecule has 1 aliphatic heterocycles. The zero-order valence-corrected chi connectivity index (χ0v) is 9.46. The molecular formula is C9H16ClNOS. The Morgan fingerprint density at radius 1 is 1.62 bits per heavy atom. The maximum atomic E-state index is 11.4. The van der Waals surface area contributed by atoms with Gasteiger partial charge in [0.1, 0.15) is 0 Å². The lowest BCUT2D eigenvalue weighted by Gasteiger charge is -2.23. The molecule has 0 saturated carbocycles. The van der Waals surface area contributed by atoms with E-state index in [1.54, 1.807) is 0 Å². The predicted molar refractivity (Wildman–Crippen MR) is 58.4 cm³/mol. The fourth-order valence-electron chi connectivity index (χ4n) is 1.26. The first-order valence-corrected chi connectivity index (χ1v) is 6.37. The average molecular weight is 222 g/mol. The molecule has 13 heavy (non-hydrogen) atoms. The van der Waals surface area contributed by atoms with Gasteiger partial charge in [0.15, 0.2) is 0 Å². The molecule has 1 rings (SSSR count). The number of hydrogen-bond acceptors (Lipinski definition) is 2. The van der Waals surface area contributed by atoms with Gasteiger partial charge in [-0.15, -0.1) is 11.6 Å². The minimum atomic E-state index is -0.0590. The minimum absolute atomic E-state index is 0.0590. The molecule has 1 saturated heterocycles. The van der Waals surface area contributed by atoms with Gasteiger partial charge in [0.05, 0.1) is 0 Å². The summed E-state index contributed by atoms with van der Waals surface area (Å²) in [5.74, 6) is 2.79. The molecule has 0 bridgehead atoms. The SMILES string of the molecule is CC(CCl)C(=O)NC1CCSCC1. The largest absolute Gasteiger partial charge is 0.353 e. The summed E-state index contributed by atoms with van der Waals surface area (Å²) in [7, 11) is 0. The highest BCUT2D eigenvalue weighted by Gasteiger charge is 2.18. The number of thioether (sulfide) groups is 1. The Balaban J connectivity index is 2.26. The third kappa shape index (κ3) is 3.77. The Kier molecular flexibility index (Phi) is 4.96. The number of rotatable bonds is 3. The highest BCUT2D eigenvalue weighted by molar-refractivity contribution is 7.99. The van der Waals surface area contributed by atoms with E-state index in [1.165, 1.54) is 11.5 Å². The monoisotopic (exact) mass is 221 g/mol. The lowest BCUT2D eigenvalue weighted by Crippen LogP contribution is -2.40. The van der Waals surface area contributed by atoms with Gasteiger partial charge in [0, 0.05) is 17.8 Å². The van der Waals surface area contributed by atoms with E-state index in [9.17, 15) is 4.79 Å². The smallest absolute Gasteiger partial charge is 0.224 e. The number of halogens is 1. The van der Waals surface area contributed by atoms with E-state index in [-0.39, 0.29) is 11.8 Å². The number of nitrogens with one attached hydrogen (secondary N) is 1. The van der Waals surface area contributed by atoms with Gasteiger partial charge in [-0.2, -0.15) is 11.8 Å². The zero-order valence-electron chi connectivity index (χ0n) is 7.88. The van der Waals surface area contributed by atoms with Crippen LogP contribution in [0.2, 0.25) is 0 Å². The molecule has 2 nitrogen and oxygen atoms in total.